The lowest BCUT2D eigenvalue weighted by atomic mass is 9.99. The van der Waals surface area contributed by atoms with Gasteiger partial charge in [0.05, 0.1) is 19.6 Å². The first-order valence-electron chi connectivity index (χ1n) is 9.81. The van der Waals surface area contributed by atoms with E-state index in [1.165, 1.54) is 12.7 Å². The SMILES string of the molecule is CCNC(=NCC(C)N(C)Cc1ccccc1)N1CC(C)C(C(=O)OC)C1.I. The van der Waals surface area contributed by atoms with E-state index >= 15 is 0 Å². The van der Waals surface area contributed by atoms with Crippen LogP contribution in [-0.4, -0.2) is 68.1 Å². The first kappa shape index (κ1) is 24.7. The fourth-order valence-electron chi connectivity index (χ4n) is 3.41. The Morgan fingerprint density at radius 1 is 1.36 bits per heavy atom. The van der Waals surface area contributed by atoms with Crippen LogP contribution in [0.25, 0.3) is 0 Å². The molecule has 1 N–H and O–H groups in total. The Kier molecular flexibility index (Phi) is 10.8. The van der Waals surface area contributed by atoms with Gasteiger partial charge in [-0.25, -0.2) is 0 Å². The second-order valence-corrected chi connectivity index (χ2v) is 7.46. The van der Waals surface area contributed by atoms with Crippen LogP contribution in [0.2, 0.25) is 0 Å². The van der Waals surface area contributed by atoms with E-state index in [0.717, 1.165) is 25.6 Å². The van der Waals surface area contributed by atoms with Crippen molar-refractivity contribution in [1.29, 1.82) is 0 Å². The molecule has 0 aliphatic carbocycles. The molecule has 1 aromatic rings. The van der Waals surface area contributed by atoms with Gasteiger partial charge in [0.25, 0.3) is 0 Å². The molecule has 3 atom stereocenters. The normalized spacial score (nSPS) is 20.6. The van der Waals surface area contributed by atoms with Crippen molar-refractivity contribution in [1.82, 2.24) is 15.1 Å². The van der Waals surface area contributed by atoms with E-state index < -0.39 is 0 Å². The van der Waals surface area contributed by atoms with Crippen molar-refractivity contribution < 1.29 is 9.53 Å². The summed E-state index contributed by atoms with van der Waals surface area (Å²) in [5, 5.41) is 3.37. The van der Waals surface area contributed by atoms with Gasteiger partial charge >= 0.3 is 5.97 Å². The Morgan fingerprint density at radius 2 is 2.04 bits per heavy atom. The number of likely N-dealkylation sites (N-methyl/N-ethyl adjacent to an activating group) is 1. The summed E-state index contributed by atoms with van der Waals surface area (Å²) in [4.78, 5) is 21.3. The Bertz CT molecular complexity index is 626. The van der Waals surface area contributed by atoms with Crippen LogP contribution < -0.4 is 5.32 Å². The maximum absolute atomic E-state index is 12.0. The quantitative estimate of drug-likeness (QED) is 0.269. The third-order valence-corrected chi connectivity index (χ3v) is 5.28. The molecule has 0 bridgehead atoms. The van der Waals surface area contributed by atoms with Gasteiger partial charge in [0.2, 0.25) is 0 Å². The third-order valence-electron chi connectivity index (χ3n) is 5.28. The maximum atomic E-state index is 12.0. The van der Waals surface area contributed by atoms with Gasteiger partial charge in [-0.1, -0.05) is 37.3 Å². The second kappa shape index (κ2) is 12.3. The molecule has 1 aliphatic rings. The number of carbonyl (C=O) groups excluding carboxylic acids is 1. The lowest BCUT2D eigenvalue weighted by Crippen LogP contribution is -2.41. The highest BCUT2D eigenvalue weighted by Crippen LogP contribution is 2.24. The number of nitrogens with zero attached hydrogens (tertiary/aromatic N) is 3. The molecular weight excluding hydrogens is 467 g/mol. The molecule has 0 spiro atoms. The summed E-state index contributed by atoms with van der Waals surface area (Å²) in [5.41, 5.74) is 1.30. The summed E-state index contributed by atoms with van der Waals surface area (Å²) in [5.74, 6) is 0.934. The first-order chi connectivity index (χ1) is 13.0. The lowest BCUT2D eigenvalue weighted by molar-refractivity contribution is -0.145. The first-order valence-corrected chi connectivity index (χ1v) is 9.81. The van der Waals surface area contributed by atoms with Gasteiger partial charge < -0.3 is 15.0 Å². The van der Waals surface area contributed by atoms with Gasteiger partial charge in [-0.2, -0.15) is 0 Å². The van der Waals surface area contributed by atoms with Crippen LogP contribution in [0.15, 0.2) is 35.3 Å². The molecule has 1 saturated heterocycles. The van der Waals surface area contributed by atoms with Gasteiger partial charge in [0.1, 0.15) is 0 Å². The van der Waals surface area contributed by atoms with E-state index in [-0.39, 0.29) is 41.8 Å². The number of esters is 1. The zero-order valence-electron chi connectivity index (χ0n) is 17.7. The average Bonchev–Trinajstić information content (AvgIpc) is 3.06. The highest BCUT2D eigenvalue weighted by atomic mass is 127. The van der Waals surface area contributed by atoms with Crippen molar-refractivity contribution in [2.45, 2.75) is 33.4 Å². The number of methoxy groups -OCH3 is 1. The number of guanidine groups is 1. The van der Waals surface area contributed by atoms with Crippen molar-refractivity contribution >= 4 is 35.9 Å². The van der Waals surface area contributed by atoms with Crippen LogP contribution in [0.5, 0.6) is 0 Å². The molecule has 6 nitrogen and oxygen atoms in total. The van der Waals surface area contributed by atoms with E-state index in [0.29, 0.717) is 19.1 Å². The number of aliphatic imine (C=N–C) groups is 1. The molecule has 1 fully saturated rings. The van der Waals surface area contributed by atoms with E-state index in [9.17, 15) is 4.79 Å². The molecule has 0 aromatic heterocycles. The molecule has 1 aliphatic heterocycles. The van der Waals surface area contributed by atoms with E-state index in [2.05, 4.69) is 67.2 Å². The zero-order valence-corrected chi connectivity index (χ0v) is 20.1. The Labute approximate surface area is 186 Å². The average molecular weight is 502 g/mol. The molecule has 0 amide bonds. The van der Waals surface area contributed by atoms with Crippen LogP contribution >= 0.6 is 24.0 Å². The predicted octanol–water partition coefficient (Wildman–Crippen LogP) is 2.83. The molecule has 0 radical (unpaired) electrons. The number of hydrogen-bond donors (Lipinski definition) is 1. The van der Waals surface area contributed by atoms with Crippen LogP contribution in [0.4, 0.5) is 0 Å². The van der Waals surface area contributed by atoms with Crippen LogP contribution in [-0.2, 0) is 16.1 Å². The summed E-state index contributed by atoms with van der Waals surface area (Å²) in [6.45, 7) is 10.3. The standard InChI is InChI=1S/C21H34N4O2.HI/c1-6-22-21(25-13-16(2)19(15-25)20(26)27-5)23-12-17(3)24(4)14-18-10-8-7-9-11-18;/h7-11,16-17,19H,6,12-15H2,1-5H3,(H,22,23);1H. The van der Waals surface area contributed by atoms with Crippen molar-refractivity contribution in [2.75, 3.05) is 40.3 Å². The van der Waals surface area contributed by atoms with Gasteiger partial charge in [0.15, 0.2) is 5.96 Å². The van der Waals surface area contributed by atoms with Gasteiger partial charge in [-0.3, -0.25) is 14.7 Å². The van der Waals surface area contributed by atoms with Gasteiger partial charge in [-0.05, 0) is 32.4 Å². The number of benzene rings is 1. The molecule has 7 heteroatoms. The Morgan fingerprint density at radius 3 is 2.64 bits per heavy atom. The summed E-state index contributed by atoms with van der Waals surface area (Å²) >= 11 is 0. The largest absolute Gasteiger partial charge is 0.469 e. The number of halogens is 1. The van der Waals surface area contributed by atoms with Gasteiger partial charge in [-0.15, -0.1) is 24.0 Å². The minimum Gasteiger partial charge on any atom is -0.469 e. The summed E-state index contributed by atoms with van der Waals surface area (Å²) < 4.78 is 4.95. The highest BCUT2D eigenvalue weighted by molar-refractivity contribution is 14.0. The minimum atomic E-state index is -0.128. The van der Waals surface area contributed by atoms with Gasteiger partial charge in [0, 0.05) is 32.2 Å². The monoisotopic (exact) mass is 502 g/mol. The summed E-state index contributed by atoms with van der Waals surface area (Å²) in [6.07, 6.45) is 0. The number of nitrogens with one attached hydrogen (secondary N) is 1. The number of carbonyl (C=O) groups is 1. The van der Waals surface area contributed by atoms with E-state index in [1.807, 2.05) is 6.07 Å². The number of hydrogen-bond acceptors (Lipinski definition) is 4. The van der Waals surface area contributed by atoms with Crippen molar-refractivity contribution in [3.8, 4) is 0 Å². The second-order valence-electron chi connectivity index (χ2n) is 7.46. The summed E-state index contributed by atoms with van der Waals surface area (Å²) in [7, 11) is 3.59. The molecule has 1 heterocycles. The topological polar surface area (TPSA) is 57.2 Å². The molecular formula is C21H35IN4O2. The molecule has 2 rings (SSSR count). The predicted molar refractivity (Wildman–Crippen MR) is 125 cm³/mol. The minimum absolute atomic E-state index is 0. The lowest BCUT2D eigenvalue weighted by Gasteiger charge is -2.26. The number of likely N-dealkylation sites (tertiary alicyclic amines) is 1. The number of rotatable bonds is 7. The van der Waals surface area contributed by atoms with Crippen molar-refractivity contribution in [2.24, 2.45) is 16.8 Å². The molecule has 0 saturated carbocycles. The van der Waals surface area contributed by atoms with Crippen LogP contribution in [0.3, 0.4) is 0 Å². The third kappa shape index (κ3) is 6.92. The number of ether oxygens (including phenoxy) is 1. The van der Waals surface area contributed by atoms with E-state index in [1.54, 1.807) is 0 Å². The van der Waals surface area contributed by atoms with E-state index in [4.69, 9.17) is 9.73 Å². The van der Waals surface area contributed by atoms with Crippen molar-refractivity contribution in [3.63, 3.8) is 0 Å². The smallest absolute Gasteiger partial charge is 0.310 e. The van der Waals surface area contributed by atoms with Crippen LogP contribution in [0.1, 0.15) is 26.3 Å². The Balaban J connectivity index is 0.00000392. The van der Waals surface area contributed by atoms with Crippen LogP contribution in [0, 0.1) is 11.8 Å². The molecule has 28 heavy (non-hydrogen) atoms. The summed E-state index contributed by atoms with van der Waals surface area (Å²) in [6, 6.07) is 10.8. The molecule has 158 valence electrons. The highest BCUT2D eigenvalue weighted by Gasteiger charge is 2.36. The fourth-order valence-corrected chi connectivity index (χ4v) is 3.41. The fraction of sp³-hybridized carbons (Fsp3) is 0.619. The molecule has 1 aromatic carbocycles. The maximum Gasteiger partial charge on any atom is 0.310 e. The Hall–Kier alpha value is -1.35. The van der Waals surface area contributed by atoms with Crippen molar-refractivity contribution in [3.05, 3.63) is 35.9 Å². The molecule has 3 unspecified atom stereocenters. The zero-order chi connectivity index (χ0) is 19.8.